The smallest absolute Gasteiger partial charge is 0.0743 e. The Hall–Kier alpha value is -0.930. The lowest BCUT2D eigenvalue weighted by atomic mass is 10.0. The van der Waals surface area contributed by atoms with Crippen molar-refractivity contribution >= 4 is 0 Å². The van der Waals surface area contributed by atoms with Crippen LogP contribution in [0.3, 0.4) is 0 Å². The van der Waals surface area contributed by atoms with E-state index in [1.807, 2.05) is 26.0 Å². The maximum Gasteiger partial charge on any atom is 0.0743 e. The van der Waals surface area contributed by atoms with Crippen LogP contribution in [0.5, 0.6) is 0 Å². The van der Waals surface area contributed by atoms with E-state index < -0.39 is 5.60 Å². The Morgan fingerprint density at radius 3 is 2.88 bits per heavy atom. The van der Waals surface area contributed by atoms with Gasteiger partial charge in [-0.2, -0.15) is 0 Å². The molecule has 1 heterocycles. The van der Waals surface area contributed by atoms with Gasteiger partial charge in [-0.25, -0.2) is 0 Å². The molecule has 0 aromatic carbocycles. The molecule has 1 atom stereocenters. The predicted octanol–water partition coefficient (Wildman–Crippen LogP) is 2.03. The molecule has 0 saturated carbocycles. The lowest BCUT2D eigenvalue weighted by molar-refractivity contribution is 0.0497. The lowest BCUT2D eigenvalue weighted by Gasteiger charge is -2.23. The van der Waals surface area contributed by atoms with E-state index in [1.165, 1.54) is 5.56 Å². The van der Waals surface area contributed by atoms with Gasteiger partial charge in [-0.1, -0.05) is 19.4 Å². The highest BCUT2D eigenvalue weighted by Crippen LogP contribution is 2.10. The van der Waals surface area contributed by atoms with Crippen LogP contribution in [0.4, 0.5) is 0 Å². The molecule has 0 aliphatic heterocycles. The summed E-state index contributed by atoms with van der Waals surface area (Å²) < 4.78 is 0. The third-order valence-corrected chi connectivity index (χ3v) is 2.70. The van der Waals surface area contributed by atoms with E-state index in [1.54, 1.807) is 6.20 Å². The average molecular weight is 222 g/mol. The number of aryl methyl sites for hydroxylation is 1. The average Bonchev–Trinajstić information content (AvgIpc) is 2.20. The number of aromatic nitrogens is 1. The molecular formula is C13H22N2O. The van der Waals surface area contributed by atoms with Gasteiger partial charge < -0.3 is 10.4 Å². The van der Waals surface area contributed by atoms with Crippen molar-refractivity contribution in [1.29, 1.82) is 0 Å². The highest BCUT2D eigenvalue weighted by Gasteiger charge is 2.18. The molecule has 16 heavy (non-hydrogen) atoms. The molecule has 0 aliphatic rings. The van der Waals surface area contributed by atoms with E-state index in [-0.39, 0.29) is 0 Å². The summed E-state index contributed by atoms with van der Waals surface area (Å²) in [6.45, 7) is 7.32. The Morgan fingerprint density at radius 2 is 2.25 bits per heavy atom. The topological polar surface area (TPSA) is 45.1 Å². The van der Waals surface area contributed by atoms with Crippen LogP contribution in [-0.2, 0) is 6.54 Å². The summed E-state index contributed by atoms with van der Waals surface area (Å²) in [6.07, 6.45) is 3.62. The summed E-state index contributed by atoms with van der Waals surface area (Å²) in [4.78, 5) is 4.30. The van der Waals surface area contributed by atoms with Crippen LogP contribution in [-0.4, -0.2) is 22.2 Å². The zero-order chi connectivity index (χ0) is 12.0. The van der Waals surface area contributed by atoms with E-state index in [0.29, 0.717) is 13.1 Å². The normalized spacial score (nSPS) is 14.8. The molecule has 0 aliphatic carbocycles. The van der Waals surface area contributed by atoms with Crippen molar-refractivity contribution in [2.75, 3.05) is 6.54 Å². The van der Waals surface area contributed by atoms with E-state index in [0.717, 1.165) is 18.5 Å². The standard InChI is InChI=1S/C13H22N2O/c1-4-7-13(3,16)10-14-9-12-11(2)6-5-8-15-12/h5-6,8,14,16H,4,7,9-10H2,1-3H3. The second-order valence-corrected chi connectivity index (χ2v) is 4.62. The van der Waals surface area contributed by atoms with Crippen molar-refractivity contribution in [3.05, 3.63) is 29.6 Å². The summed E-state index contributed by atoms with van der Waals surface area (Å²) in [5.74, 6) is 0. The van der Waals surface area contributed by atoms with Gasteiger partial charge in [-0.15, -0.1) is 0 Å². The van der Waals surface area contributed by atoms with Crippen LogP contribution in [0.25, 0.3) is 0 Å². The highest BCUT2D eigenvalue weighted by atomic mass is 16.3. The van der Waals surface area contributed by atoms with Gasteiger partial charge >= 0.3 is 0 Å². The lowest BCUT2D eigenvalue weighted by Crippen LogP contribution is -2.37. The van der Waals surface area contributed by atoms with Crippen molar-refractivity contribution in [2.24, 2.45) is 0 Å². The SMILES string of the molecule is CCCC(C)(O)CNCc1ncccc1C. The summed E-state index contributed by atoms with van der Waals surface area (Å²) in [5.41, 5.74) is 1.62. The fourth-order valence-electron chi connectivity index (χ4n) is 1.78. The first kappa shape index (κ1) is 13.1. The minimum atomic E-state index is -0.614. The van der Waals surface area contributed by atoms with Gasteiger partial charge in [0.1, 0.15) is 0 Å². The number of nitrogens with one attached hydrogen (secondary N) is 1. The largest absolute Gasteiger partial charge is 0.389 e. The molecule has 1 aromatic heterocycles. The monoisotopic (exact) mass is 222 g/mol. The van der Waals surface area contributed by atoms with Gasteiger partial charge in [0.05, 0.1) is 11.3 Å². The first-order chi connectivity index (χ1) is 7.55. The Kier molecular flexibility index (Phi) is 4.90. The predicted molar refractivity (Wildman–Crippen MR) is 66.2 cm³/mol. The highest BCUT2D eigenvalue weighted by molar-refractivity contribution is 5.17. The number of rotatable bonds is 6. The fraction of sp³-hybridized carbons (Fsp3) is 0.615. The molecule has 0 spiro atoms. The zero-order valence-electron chi connectivity index (χ0n) is 10.5. The van der Waals surface area contributed by atoms with E-state index in [4.69, 9.17) is 0 Å². The maximum atomic E-state index is 9.98. The third-order valence-electron chi connectivity index (χ3n) is 2.70. The van der Waals surface area contributed by atoms with Crippen LogP contribution in [0.15, 0.2) is 18.3 Å². The molecule has 0 radical (unpaired) electrons. The van der Waals surface area contributed by atoms with Crippen LogP contribution in [0.1, 0.15) is 37.9 Å². The second-order valence-electron chi connectivity index (χ2n) is 4.62. The van der Waals surface area contributed by atoms with Crippen LogP contribution < -0.4 is 5.32 Å². The first-order valence-electron chi connectivity index (χ1n) is 5.89. The third kappa shape index (κ3) is 4.29. The van der Waals surface area contributed by atoms with E-state index in [9.17, 15) is 5.11 Å². The van der Waals surface area contributed by atoms with E-state index >= 15 is 0 Å². The minimum absolute atomic E-state index is 0.608. The molecule has 0 saturated heterocycles. The summed E-state index contributed by atoms with van der Waals surface area (Å²) >= 11 is 0. The molecule has 1 unspecified atom stereocenters. The van der Waals surface area contributed by atoms with Gasteiger partial charge in [0.15, 0.2) is 0 Å². The molecule has 1 aromatic rings. The summed E-state index contributed by atoms with van der Waals surface area (Å²) in [5, 5.41) is 13.2. The molecule has 2 N–H and O–H groups in total. The van der Waals surface area contributed by atoms with Crippen molar-refractivity contribution < 1.29 is 5.11 Å². The van der Waals surface area contributed by atoms with Gasteiger partial charge in [-0.3, -0.25) is 4.98 Å². The van der Waals surface area contributed by atoms with Crippen LogP contribution in [0, 0.1) is 6.92 Å². The Morgan fingerprint density at radius 1 is 1.50 bits per heavy atom. The van der Waals surface area contributed by atoms with Crippen molar-refractivity contribution in [1.82, 2.24) is 10.3 Å². The number of hydrogen-bond donors (Lipinski definition) is 2. The van der Waals surface area contributed by atoms with Crippen molar-refractivity contribution in [2.45, 2.75) is 45.8 Å². The molecule has 0 bridgehead atoms. The second kappa shape index (κ2) is 5.97. The van der Waals surface area contributed by atoms with Crippen LogP contribution >= 0.6 is 0 Å². The molecule has 0 fully saturated rings. The number of pyridine rings is 1. The van der Waals surface area contributed by atoms with Gasteiger partial charge in [0, 0.05) is 19.3 Å². The molecule has 1 rings (SSSR count). The Labute approximate surface area is 97.9 Å². The summed E-state index contributed by atoms with van der Waals surface area (Å²) in [6, 6.07) is 3.99. The van der Waals surface area contributed by atoms with Gasteiger partial charge in [0.25, 0.3) is 0 Å². The number of hydrogen-bond acceptors (Lipinski definition) is 3. The fourth-order valence-corrected chi connectivity index (χ4v) is 1.78. The van der Waals surface area contributed by atoms with Gasteiger partial charge in [-0.05, 0) is 31.9 Å². The number of nitrogens with zero attached hydrogens (tertiary/aromatic N) is 1. The van der Waals surface area contributed by atoms with Crippen molar-refractivity contribution in [3.8, 4) is 0 Å². The first-order valence-corrected chi connectivity index (χ1v) is 5.89. The summed E-state index contributed by atoms with van der Waals surface area (Å²) in [7, 11) is 0. The van der Waals surface area contributed by atoms with E-state index in [2.05, 4.69) is 17.2 Å². The quantitative estimate of drug-likeness (QED) is 0.774. The number of aliphatic hydroxyl groups is 1. The Bertz CT molecular complexity index is 323. The van der Waals surface area contributed by atoms with Crippen molar-refractivity contribution in [3.63, 3.8) is 0 Å². The zero-order valence-corrected chi connectivity index (χ0v) is 10.5. The van der Waals surface area contributed by atoms with Gasteiger partial charge in [0.2, 0.25) is 0 Å². The molecule has 90 valence electrons. The Balaban J connectivity index is 2.39. The molecule has 3 heteroatoms. The minimum Gasteiger partial charge on any atom is -0.389 e. The molecule has 3 nitrogen and oxygen atoms in total. The molecular weight excluding hydrogens is 200 g/mol. The van der Waals surface area contributed by atoms with Crippen LogP contribution in [0.2, 0.25) is 0 Å². The molecule has 0 amide bonds. The maximum absolute atomic E-state index is 9.98.